The number of carboxylic acids is 1. The number of hydrogen-bond donors (Lipinski definition) is 1. The summed E-state index contributed by atoms with van der Waals surface area (Å²) in [4.78, 5) is 39.8. The standard InChI is InChI=1S/C34H38O6S/c1-22-19-23(13-18-30(22)40-34(2,3)33(37)38)20-26-21-25(32(36)39-27-10-6-5-7-11-27)9-8-12-29(26)31(35)24-14-16-28(41-4)17-15-24/h5-7,10-11,13-19,25-26,29H,8-9,12,20-21H2,1-4H3,(H,37,38)/t25?,26-,29-/m0/s1. The molecule has 0 radical (unpaired) electrons. The second kappa shape index (κ2) is 13.4. The van der Waals surface area contributed by atoms with Gasteiger partial charge in [0.25, 0.3) is 0 Å². The highest BCUT2D eigenvalue weighted by Crippen LogP contribution is 2.38. The molecule has 1 N–H and O–H groups in total. The topological polar surface area (TPSA) is 89.9 Å². The van der Waals surface area contributed by atoms with E-state index in [4.69, 9.17) is 9.47 Å². The van der Waals surface area contributed by atoms with Crippen LogP contribution in [0.4, 0.5) is 0 Å². The van der Waals surface area contributed by atoms with Crippen LogP contribution in [0.15, 0.2) is 77.7 Å². The number of aryl methyl sites for hydroxylation is 1. The van der Waals surface area contributed by atoms with E-state index in [9.17, 15) is 19.5 Å². The molecule has 1 aliphatic carbocycles. The molecule has 0 spiro atoms. The summed E-state index contributed by atoms with van der Waals surface area (Å²) >= 11 is 1.64. The second-order valence-electron chi connectivity index (χ2n) is 11.3. The minimum Gasteiger partial charge on any atom is -0.478 e. The van der Waals surface area contributed by atoms with Gasteiger partial charge in [-0.2, -0.15) is 0 Å². The number of esters is 1. The van der Waals surface area contributed by atoms with Crippen LogP contribution in [-0.4, -0.2) is 34.7 Å². The maximum atomic E-state index is 13.9. The lowest BCUT2D eigenvalue weighted by molar-refractivity contribution is -0.152. The van der Waals surface area contributed by atoms with Crippen LogP contribution >= 0.6 is 11.8 Å². The molecule has 0 heterocycles. The maximum Gasteiger partial charge on any atom is 0.347 e. The normalized spacial score (nSPS) is 19.2. The van der Waals surface area contributed by atoms with Crippen LogP contribution in [0.25, 0.3) is 0 Å². The molecule has 3 aromatic carbocycles. The minimum absolute atomic E-state index is 0.0693. The van der Waals surface area contributed by atoms with Gasteiger partial charge in [0.1, 0.15) is 11.5 Å². The Hall–Kier alpha value is -3.58. The van der Waals surface area contributed by atoms with Crippen molar-refractivity contribution < 1.29 is 29.0 Å². The fraction of sp³-hybridized carbons (Fsp3) is 0.382. The Morgan fingerprint density at radius 3 is 2.32 bits per heavy atom. The van der Waals surface area contributed by atoms with Crippen LogP contribution in [0.5, 0.6) is 11.5 Å². The minimum atomic E-state index is -1.36. The third-order valence-corrected chi connectivity index (χ3v) is 8.59. The lowest BCUT2D eigenvalue weighted by Crippen LogP contribution is -2.38. The highest BCUT2D eigenvalue weighted by molar-refractivity contribution is 7.98. The number of carbonyl (C=O) groups excluding carboxylic acids is 2. The van der Waals surface area contributed by atoms with Gasteiger partial charge in [-0.15, -0.1) is 11.8 Å². The van der Waals surface area contributed by atoms with Gasteiger partial charge in [0.15, 0.2) is 11.4 Å². The van der Waals surface area contributed by atoms with E-state index in [0.717, 1.165) is 22.4 Å². The molecule has 0 aliphatic heterocycles. The lowest BCUT2D eigenvalue weighted by atomic mass is 9.77. The molecule has 0 saturated heterocycles. The van der Waals surface area contributed by atoms with Crippen molar-refractivity contribution in [3.8, 4) is 11.5 Å². The molecule has 1 unspecified atom stereocenters. The molecular formula is C34H38O6S. The summed E-state index contributed by atoms with van der Waals surface area (Å²) in [6, 6.07) is 22.6. The number of carbonyl (C=O) groups is 3. The van der Waals surface area contributed by atoms with Crippen LogP contribution in [-0.2, 0) is 16.0 Å². The molecule has 1 aliphatic rings. The van der Waals surface area contributed by atoms with Crippen molar-refractivity contribution in [3.63, 3.8) is 0 Å². The molecule has 41 heavy (non-hydrogen) atoms. The molecule has 0 amide bonds. The third kappa shape index (κ3) is 7.79. The number of rotatable bonds is 10. The first-order valence-electron chi connectivity index (χ1n) is 14.0. The fourth-order valence-corrected chi connectivity index (χ4v) is 5.89. The van der Waals surface area contributed by atoms with Crippen molar-refractivity contribution in [2.24, 2.45) is 17.8 Å². The number of benzene rings is 3. The predicted octanol–water partition coefficient (Wildman–Crippen LogP) is 7.41. The van der Waals surface area contributed by atoms with Crippen LogP contribution < -0.4 is 9.47 Å². The van der Waals surface area contributed by atoms with Gasteiger partial charge in [-0.25, -0.2) is 4.79 Å². The summed E-state index contributed by atoms with van der Waals surface area (Å²) in [5.41, 5.74) is 1.17. The molecule has 0 bridgehead atoms. The number of Topliss-reactive ketones (excluding diaryl/α,β-unsaturated/α-hetero) is 1. The summed E-state index contributed by atoms with van der Waals surface area (Å²) < 4.78 is 11.5. The van der Waals surface area contributed by atoms with Crippen molar-refractivity contribution in [1.82, 2.24) is 0 Å². The highest BCUT2D eigenvalue weighted by Gasteiger charge is 2.37. The molecule has 1 saturated carbocycles. The Balaban J connectivity index is 1.59. The number of thioether (sulfide) groups is 1. The Bertz CT molecular complexity index is 1370. The maximum absolute atomic E-state index is 13.9. The van der Waals surface area contributed by atoms with Crippen LogP contribution in [0.3, 0.4) is 0 Å². The summed E-state index contributed by atoms with van der Waals surface area (Å²) in [6.45, 7) is 4.93. The van der Waals surface area contributed by atoms with E-state index in [1.165, 1.54) is 13.8 Å². The van der Waals surface area contributed by atoms with Crippen molar-refractivity contribution in [2.45, 2.75) is 63.4 Å². The van der Waals surface area contributed by atoms with E-state index < -0.39 is 11.6 Å². The highest BCUT2D eigenvalue weighted by atomic mass is 32.2. The number of ether oxygens (including phenoxy) is 2. The van der Waals surface area contributed by atoms with Gasteiger partial charge in [0.2, 0.25) is 0 Å². The molecule has 216 valence electrons. The molecule has 4 rings (SSSR count). The van der Waals surface area contributed by atoms with E-state index in [1.807, 2.05) is 67.8 Å². The summed E-state index contributed by atoms with van der Waals surface area (Å²) in [7, 11) is 0. The average Bonchev–Trinajstić information content (AvgIpc) is 3.17. The molecule has 6 nitrogen and oxygen atoms in total. The van der Waals surface area contributed by atoms with Gasteiger partial charge in [-0.05, 0) is 100 Å². The van der Waals surface area contributed by atoms with Gasteiger partial charge in [0, 0.05) is 16.4 Å². The van der Waals surface area contributed by atoms with Gasteiger partial charge >= 0.3 is 11.9 Å². The predicted molar refractivity (Wildman–Crippen MR) is 161 cm³/mol. The zero-order chi connectivity index (χ0) is 29.6. The Kier molecular flexibility index (Phi) is 9.92. The van der Waals surface area contributed by atoms with E-state index in [0.29, 0.717) is 42.7 Å². The van der Waals surface area contributed by atoms with Crippen LogP contribution in [0.1, 0.15) is 61.0 Å². The molecule has 3 aromatic rings. The number of para-hydroxylation sites is 1. The Morgan fingerprint density at radius 2 is 1.68 bits per heavy atom. The Labute approximate surface area is 246 Å². The van der Waals surface area contributed by atoms with Crippen molar-refractivity contribution in [1.29, 1.82) is 0 Å². The fourth-order valence-electron chi connectivity index (χ4n) is 5.48. The number of carboxylic acid groups (broad SMARTS) is 1. The monoisotopic (exact) mass is 574 g/mol. The zero-order valence-corrected chi connectivity index (χ0v) is 24.9. The third-order valence-electron chi connectivity index (χ3n) is 7.85. The quantitative estimate of drug-likeness (QED) is 0.0886. The number of ketones is 1. The van der Waals surface area contributed by atoms with E-state index in [-0.39, 0.29) is 29.5 Å². The van der Waals surface area contributed by atoms with Crippen LogP contribution in [0.2, 0.25) is 0 Å². The van der Waals surface area contributed by atoms with Gasteiger partial charge in [-0.3, -0.25) is 9.59 Å². The van der Waals surface area contributed by atoms with Crippen molar-refractivity contribution in [3.05, 3.63) is 89.5 Å². The first-order valence-corrected chi connectivity index (χ1v) is 15.3. The van der Waals surface area contributed by atoms with E-state index >= 15 is 0 Å². The van der Waals surface area contributed by atoms with Gasteiger partial charge in [-0.1, -0.05) is 48.9 Å². The number of hydrogen-bond acceptors (Lipinski definition) is 6. The zero-order valence-electron chi connectivity index (χ0n) is 24.1. The van der Waals surface area contributed by atoms with Crippen LogP contribution in [0, 0.1) is 24.7 Å². The first kappa shape index (κ1) is 30.4. The molecule has 1 fully saturated rings. The molecular weight excluding hydrogens is 536 g/mol. The molecule has 7 heteroatoms. The SMILES string of the molecule is CSc1ccc(C(=O)[C@H]2CCCC(C(=O)Oc3ccccc3)C[C@@H]2Cc2ccc(OC(C)(C)C(=O)O)c(C)c2)cc1. The van der Waals surface area contributed by atoms with Gasteiger partial charge in [0.05, 0.1) is 5.92 Å². The van der Waals surface area contributed by atoms with E-state index in [1.54, 1.807) is 30.0 Å². The first-order chi connectivity index (χ1) is 19.6. The van der Waals surface area contributed by atoms with Crippen molar-refractivity contribution in [2.75, 3.05) is 6.26 Å². The van der Waals surface area contributed by atoms with Crippen molar-refractivity contribution >= 4 is 29.5 Å². The summed E-state index contributed by atoms with van der Waals surface area (Å²) in [5, 5.41) is 9.46. The summed E-state index contributed by atoms with van der Waals surface area (Å²) in [6.07, 6.45) is 5.31. The van der Waals surface area contributed by atoms with Gasteiger partial charge < -0.3 is 14.6 Å². The molecule has 0 aromatic heterocycles. The smallest absolute Gasteiger partial charge is 0.347 e. The molecule has 3 atom stereocenters. The summed E-state index contributed by atoms with van der Waals surface area (Å²) in [5.74, 6) is -0.763. The average molecular weight is 575 g/mol. The van der Waals surface area contributed by atoms with E-state index in [2.05, 4.69) is 0 Å². The Morgan fingerprint density at radius 1 is 0.976 bits per heavy atom. The lowest BCUT2D eigenvalue weighted by Gasteiger charge is -2.27. The number of aliphatic carboxylic acids is 1. The largest absolute Gasteiger partial charge is 0.478 e. The second-order valence-corrected chi connectivity index (χ2v) is 12.2.